The normalized spacial score (nSPS) is 17.5. The quantitative estimate of drug-likeness (QED) is 0.623. The van der Waals surface area contributed by atoms with Crippen molar-refractivity contribution in [3.05, 3.63) is 23.8 Å². The molecule has 1 heterocycles. The van der Waals surface area contributed by atoms with Gasteiger partial charge in [-0.3, -0.25) is 0 Å². The molecule has 0 bridgehead atoms. The maximum atomic E-state index is 12.5. The standard InChI is InChI=1S/C8H6F2O3/c9-8(10)12-6-2-1-5(4-11)3-7(6)13-8/h1-3,11H,4H2/p+1. The van der Waals surface area contributed by atoms with E-state index in [1.807, 2.05) is 0 Å². The van der Waals surface area contributed by atoms with Crippen LogP contribution in [0.4, 0.5) is 8.78 Å². The molecule has 2 rings (SSSR count). The van der Waals surface area contributed by atoms with Crippen LogP contribution in [-0.4, -0.2) is 11.4 Å². The zero-order valence-electron chi connectivity index (χ0n) is 6.51. The molecule has 0 fully saturated rings. The van der Waals surface area contributed by atoms with Crippen molar-refractivity contribution in [1.82, 2.24) is 0 Å². The molecule has 1 aliphatic rings. The summed E-state index contributed by atoms with van der Waals surface area (Å²) >= 11 is 0. The minimum atomic E-state index is -3.57. The van der Waals surface area contributed by atoms with Gasteiger partial charge in [0.15, 0.2) is 18.1 Å². The Hall–Kier alpha value is -1.36. The third-order valence-electron chi connectivity index (χ3n) is 1.67. The van der Waals surface area contributed by atoms with Gasteiger partial charge in [0.1, 0.15) is 0 Å². The van der Waals surface area contributed by atoms with Crippen molar-refractivity contribution in [2.45, 2.75) is 12.9 Å². The summed E-state index contributed by atoms with van der Waals surface area (Å²) in [5.74, 6) is 0.0111. The molecule has 2 N–H and O–H groups in total. The summed E-state index contributed by atoms with van der Waals surface area (Å²) in [6.07, 6.45) is -3.57. The summed E-state index contributed by atoms with van der Waals surface area (Å²) in [4.78, 5) is 0. The van der Waals surface area contributed by atoms with Crippen LogP contribution in [0.25, 0.3) is 0 Å². The Bertz CT molecular complexity index is 338. The Morgan fingerprint density at radius 1 is 1.23 bits per heavy atom. The first kappa shape index (κ1) is 8.25. The lowest BCUT2D eigenvalue weighted by Crippen LogP contribution is -2.25. The lowest BCUT2D eigenvalue weighted by atomic mass is 10.2. The summed E-state index contributed by atoms with van der Waals surface area (Å²) in [7, 11) is 0. The monoisotopic (exact) mass is 189 g/mol. The van der Waals surface area contributed by atoms with E-state index in [0.29, 0.717) is 5.56 Å². The molecule has 1 aromatic rings. The highest BCUT2D eigenvalue weighted by Gasteiger charge is 2.43. The predicted molar refractivity (Wildman–Crippen MR) is 40.0 cm³/mol. The number of ether oxygens (including phenoxy) is 2. The Labute approximate surface area is 72.5 Å². The number of rotatable bonds is 1. The minimum Gasteiger partial charge on any atom is -0.442 e. The fraction of sp³-hybridized carbons (Fsp3) is 0.250. The predicted octanol–water partition coefficient (Wildman–Crippen LogP) is 1.23. The average molecular weight is 189 g/mol. The van der Waals surface area contributed by atoms with Crippen LogP contribution in [0.1, 0.15) is 5.56 Å². The van der Waals surface area contributed by atoms with Crippen molar-refractivity contribution < 1.29 is 23.4 Å². The lowest BCUT2D eigenvalue weighted by Gasteiger charge is -2.04. The van der Waals surface area contributed by atoms with Gasteiger partial charge in [-0.2, -0.15) is 0 Å². The van der Waals surface area contributed by atoms with E-state index in [-0.39, 0.29) is 18.1 Å². The maximum absolute atomic E-state index is 12.5. The van der Waals surface area contributed by atoms with Crippen molar-refractivity contribution in [2.24, 2.45) is 0 Å². The number of hydrogen-bond donors (Lipinski definition) is 0. The highest BCUT2D eigenvalue weighted by Crippen LogP contribution is 2.41. The van der Waals surface area contributed by atoms with Gasteiger partial charge in [-0.15, -0.1) is 8.78 Å². The van der Waals surface area contributed by atoms with Gasteiger partial charge in [-0.05, 0) is 18.2 Å². The Morgan fingerprint density at radius 3 is 2.62 bits per heavy atom. The van der Waals surface area contributed by atoms with E-state index in [9.17, 15) is 8.78 Å². The van der Waals surface area contributed by atoms with E-state index < -0.39 is 6.29 Å². The molecule has 3 nitrogen and oxygen atoms in total. The molecule has 13 heavy (non-hydrogen) atoms. The summed E-state index contributed by atoms with van der Waals surface area (Å²) < 4.78 is 33.3. The highest BCUT2D eigenvalue weighted by atomic mass is 19.3. The van der Waals surface area contributed by atoms with Gasteiger partial charge >= 0.3 is 6.29 Å². The van der Waals surface area contributed by atoms with Crippen molar-refractivity contribution in [3.63, 3.8) is 0 Å². The first-order valence-electron chi connectivity index (χ1n) is 3.64. The van der Waals surface area contributed by atoms with Crippen LogP contribution < -0.4 is 9.47 Å². The fourth-order valence-electron chi connectivity index (χ4n) is 1.10. The largest absolute Gasteiger partial charge is 0.586 e. The number of fused-ring (bicyclic) bond motifs is 1. The SMILES string of the molecule is [OH2+]Cc1ccc2c(c1)OC(F)(F)O2. The molecular formula is C8H7F2O3+. The molecule has 1 aliphatic heterocycles. The van der Waals surface area contributed by atoms with Crippen molar-refractivity contribution in [2.75, 3.05) is 0 Å². The van der Waals surface area contributed by atoms with Crippen molar-refractivity contribution >= 4 is 0 Å². The topological polar surface area (TPSA) is 41.4 Å². The molecule has 5 heteroatoms. The molecule has 0 aromatic heterocycles. The lowest BCUT2D eigenvalue weighted by molar-refractivity contribution is -0.286. The fourth-order valence-corrected chi connectivity index (χ4v) is 1.10. The molecule has 0 amide bonds. The second kappa shape index (κ2) is 2.56. The summed E-state index contributed by atoms with van der Waals surface area (Å²) in [5, 5.41) is 7.02. The maximum Gasteiger partial charge on any atom is 0.586 e. The smallest absolute Gasteiger partial charge is 0.442 e. The van der Waals surface area contributed by atoms with Gasteiger partial charge in [-0.1, -0.05) is 0 Å². The van der Waals surface area contributed by atoms with Crippen LogP contribution in [0.5, 0.6) is 11.5 Å². The molecule has 0 spiro atoms. The molecule has 1 aromatic carbocycles. The molecule has 0 aliphatic carbocycles. The van der Waals surface area contributed by atoms with E-state index in [1.165, 1.54) is 12.1 Å². The van der Waals surface area contributed by atoms with Gasteiger partial charge in [0.05, 0.1) is 0 Å². The first-order chi connectivity index (χ1) is 6.11. The van der Waals surface area contributed by atoms with Crippen LogP contribution in [0.2, 0.25) is 0 Å². The average Bonchev–Trinajstić information content (AvgIpc) is 2.36. The van der Waals surface area contributed by atoms with Crippen LogP contribution in [0, 0.1) is 0 Å². The van der Waals surface area contributed by atoms with E-state index in [1.54, 1.807) is 6.07 Å². The van der Waals surface area contributed by atoms with Gasteiger partial charge in [0.2, 0.25) is 0 Å². The van der Waals surface area contributed by atoms with Crippen LogP contribution in [0.15, 0.2) is 18.2 Å². The zero-order chi connectivity index (χ0) is 9.47. The molecule has 0 saturated heterocycles. The van der Waals surface area contributed by atoms with Crippen molar-refractivity contribution in [1.29, 1.82) is 0 Å². The molecule has 0 radical (unpaired) electrons. The third-order valence-corrected chi connectivity index (χ3v) is 1.67. The van der Waals surface area contributed by atoms with E-state index in [4.69, 9.17) is 5.11 Å². The number of alkyl halides is 2. The molecule has 70 valence electrons. The van der Waals surface area contributed by atoms with Gasteiger partial charge < -0.3 is 14.6 Å². The number of benzene rings is 1. The zero-order valence-corrected chi connectivity index (χ0v) is 6.51. The Kier molecular flexibility index (Phi) is 1.63. The summed E-state index contributed by atoms with van der Waals surface area (Å²) in [5.41, 5.74) is 0.611. The molecule has 0 unspecified atom stereocenters. The minimum absolute atomic E-state index is 0.00486. The van der Waals surface area contributed by atoms with Gasteiger partial charge in [-0.25, -0.2) is 0 Å². The molecule has 0 atom stereocenters. The van der Waals surface area contributed by atoms with Gasteiger partial charge in [0.25, 0.3) is 0 Å². The Balaban J connectivity index is 2.36. The van der Waals surface area contributed by atoms with E-state index >= 15 is 0 Å². The second-order valence-corrected chi connectivity index (χ2v) is 2.63. The number of hydrogen-bond acceptors (Lipinski definition) is 2. The van der Waals surface area contributed by atoms with Crippen LogP contribution in [0.3, 0.4) is 0 Å². The second-order valence-electron chi connectivity index (χ2n) is 2.63. The van der Waals surface area contributed by atoms with E-state index in [0.717, 1.165) is 0 Å². The van der Waals surface area contributed by atoms with E-state index in [2.05, 4.69) is 9.47 Å². The Morgan fingerprint density at radius 2 is 1.92 bits per heavy atom. The first-order valence-corrected chi connectivity index (χ1v) is 3.64. The third kappa shape index (κ3) is 1.42. The summed E-state index contributed by atoms with van der Waals surface area (Å²) in [6.45, 7) is 0.0300. The highest BCUT2D eigenvalue weighted by molar-refractivity contribution is 5.44. The van der Waals surface area contributed by atoms with Crippen LogP contribution >= 0.6 is 0 Å². The van der Waals surface area contributed by atoms with Gasteiger partial charge in [0, 0.05) is 5.56 Å². The summed E-state index contributed by atoms with van der Waals surface area (Å²) in [6, 6.07) is 4.31. The van der Waals surface area contributed by atoms with Crippen molar-refractivity contribution in [3.8, 4) is 11.5 Å². The number of halogens is 2. The molecule has 0 saturated carbocycles. The molecular weight excluding hydrogens is 182 g/mol. The van der Waals surface area contributed by atoms with Crippen LogP contribution in [-0.2, 0) is 6.61 Å².